The van der Waals surface area contributed by atoms with E-state index in [-0.39, 0.29) is 5.91 Å². The molecule has 0 aromatic heterocycles. The smallest absolute Gasteiger partial charge is 0.251 e. The van der Waals surface area contributed by atoms with Gasteiger partial charge in [-0.15, -0.1) is 0 Å². The van der Waals surface area contributed by atoms with Crippen LogP contribution in [0.25, 0.3) is 0 Å². The molecule has 0 aliphatic heterocycles. The number of nitrogens with zero attached hydrogens (tertiary/aromatic N) is 1. The second kappa shape index (κ2) is 10.0. The second-order valence-corrected chi connectivity index (χ2v) is 5.79. The molecular weight excluding hydrogens is 307 g/mol. The van der Waals surface area contributed by atoms with Crippen molar-refractivity contribution in [3.05, 3.63) is 33.8 Å². The molecule has 0 unspecified atom stereocenters. The molecule has 118 valence electrons. The molecule has 1 amide bonds. The van der Waals surface area contributed by atoms with Crippen LogP contribution in [0.15, 0.2) is 18.2 Å². The van der Waals surface area contributed by atoms with Crippen LogP contribution in [-0.2, 0) is 0 Å². The fourth-order valence-corrected chi connectivity index (χ4v) is 2.42. The molecule has 0 aliphatic carbocycles. The number of hydrogen-bond acceptors (Lipinski definition) is 2. The molecule has 0 atom stereocenters. The molecule has 1 N–H and O–H groups in total. The standard InChI is InChI=1S/C16H24Cl2N2O/c1-3-20(4-2)11-7-5-6-10-19-16(21)13-8-9-14(17)15(18)12-13/h8-9,12H,3-7,10-11H2,1-2H3,(H,19,21). The molecular formula is C16H24Cl2N2O. The van der Waals surface area contributed by atoms with Gasteiger partial charge in [0.25, 0.3) is 5.91 Å². The lowest BCUT2D eigenvalue weighted by molar-refractivity contribution is 0.0953. The van der Waals surface area contributed by atoms with Crippen LogP contribution in [-0.4, -0.2) is 37.0 Å². The lowest BCUT2D eigenvalue weighted by Gasteiger charge is -2.17. The van der Waals surface area contributed by atoms with Gasteiger partial charge >= 0.3 is 0 Å². The molecule has 0 aliphatic rings. The van der Waals surface area contributed by atoms with Gasteiger partial charge in [0.1, 0.15) is 0 Å². The Balaban J connectivity index is 2.20. The van der Waals surface area contributed by atoms with Gasteiger partial charge in [0.2, 0.25) is 0 Å². The van der Waals surface area contributed by atoms with Gasteiger partial charge in [-0.1, -0.05) is 43.5 Å². The summed E-state index contributed by atoms with van der Waals surface area (Å²) in [6.45, 7) is 8.39. The van der Waals surface area contributed by atoms with E-state index >= 15 is 0 Å². The number of benzene rings is 1. The van der Waals surface area contributed by atoms with E-state index in [1.165, 1.54) is 6.42 Å². The third-order valence-electron chi connectivity index (χ3n) is 3.51. The minimum atomic E-state index is -0.0997. The molecule has 1 aromatic carbocycles. The van der Waals surface area contributed by atoms with Gasteiger partial charge in [0, 0.05) is 12.1 Å². The topological polar surface area (TPSA) is 32.3 Å². The van der Waals surface area contributed by atoms with E-state index in [4.69, 9.17) is 23.2 Å². The molecule has 5 heteroatoms. The van der Waals surface area contributed by atoms with Crippen molar-refractivity contribution in [2.24, 2.45) is 0 Å². The molecule has 21 heavy (non-hydrogen) atoms. The van der Waals surface area contributed by atoms with Crippen molar-refractivity contribution in [2.75, 3.05) is 26.2 Å². The maximum atomic E-state index is 11.9. The lowest BCUT2D eigenvalue weighted by Crippen LogP contribution is -2.25. The van der Waals surface area contributed by atoms with Crippen molar-refractivity contribution in [2.45, 2.75) is 33.1 Å². The van der Waals surface area contributed by atoms with Crippen LogP contribution in [0.3, 0.4) is 0 Å². The van der Waals surface area contributed by atoms with Crippen molar-refractivity contribution >= 4 is 29.1 Å². The third kappa shape index (κ3) is 6.68. The van der Waals surface area contributed by atoms with Crippen molar-refractivity contribution < 1.29 is 4.79 Å². The molecule has 0 fully saturated rings. The summed E-state index contributed by atoms with van der Waals surface area (Å²) in [5.74, 6) is -0.0997. The maximum Gasteiger partial charge on any atom is 0.251 e. The zero-order valence-corrected chi connectivity index (χ0v) is 14.3. The highest BCUT2D eigenvalue weighted by Gasteiger charge is 2.07. The summed E-state index contributed by atoms with van der Waals surface area (Å²) in [6.07, 6.45) is 3.29. The van der Waals surface area contributed by atoms with Crippen LogP contribution in [0.4, 0.5) is 0 Å². The van der Waals surface area contributed by atoms with Crippen molar-refractivity contribution in [1.82, 2.24) is 10.2 Å². The highest BCUT2D eigenvalue weighted by molar-refractivity contribution is 6.42. The Kier molecular flexibility index (Phi) is 8.74. The predicted molar refractivity (Wildman–Crippen MR) is 90.4 cm³/mol. The zero-order chi connectivity index (χ0) is 15.7. The molecule has 0 radical (unpaired) electrons. The molecule has 0 saturated carbocycles. The van der Waals surface area contributed by atoms with Crippen LogP contribution in [0.1, 0.15) is 43.5 Å². The Hall–Kier alpha value is -0.770. The number of halogens is 2. The number of hydrogen-bond donors (Lipinski definition) is 1. The molecule has 3 nitrogen and oxygen atoms in total. The third-order valence-corrected chi connectivity index (χ3v) is 4.25. The molecule has 0 bridgehead atoms. The van der Waals surface area contributed by atoms with Crippen LogP contribution < -0.4 is 5.32 Å². The van der Waals surface area contributed by atoms with Gasteiger partial charge in [-0.3, -0.25) is 4.79 Å². The monoisotopic (exact) mass is 330 g/mol. The van der Waals surface area contributed by atoms with Crippen molar-refractivity contribution in [3.8, 4) is 0 Å². The number of carbonyl (C=O) groups is 1. The highest BCUT2D eigenvalue weighted by atomic mass is 35.5. The summed E-state index contributed by atoms with van der Waals surface area (Å²) in [5, 5.41) is 3.78. The van der Waals surface area contributed by atoms with E-state index in [2.05, 4.69) is 24.1 Å². The van der Waals surface area contributed by atoms with Gasteiger partial charge in [-0.2, -0.15) is 0 Å². The Bertz CT molecular complexity index is 448. The normalized spacial score (nSPS) is 10.9. The average Bonchev–Trinajstić information content (AvgIpc) is 2.49. The van der Waals surface area contributed by atoms with E-state index in [1.807, 2.05) is 0 Å². The minimum absolute atomic E-state index is 0.0997. The molecule has 1 aromatic rings. The summed E-state index contributed by atoms with van der Waals surface area (Å²) in [4.78, 5) is 14.3. The first-order valence-electron chi connectivity index (χ1n) is 7.54. The van der Waals surface area contributed by atoms with E-state index in [0.29, 0.717) is 22.2 Å². The Morgan fingerprint density at radius 3 is 2.43 bits per heavy atom. The molecule has 1 rings (SSSR count). The zero-order valence-electron chi connectivity index (χ0n) is 12.8. The maximum absolute atomic E-state index is 11.9. The molecule has 0 saturated heterocycles. The minimum Gasteiger partial charge on any atom is -0.352 e. The Labute approximate surface area is 137 Å². The van der Waals surface area contributed by atoms with Gasteiger partial charge in [0.15, 0.2) is 0 Å². The van der Waals surface area contributed by atoms with Crippen molar-refractivity contribution in [3.63, 3.8) is 0 Å². The summed E-state index contributed by atoms with van der Waals surface area (Å²) >= 11 is 11.7. The van der Waals surface area contributed by atoms with Gasteiger partial charge in [-0.05, 0) is 50.7 Å². The van der Waals surface area contributed by atoms with Gasteiger partial charge in [-0.25, -0.2) is 0 Å². The van der Waals surface area contributed by atoms with E-state index in [1.54, 1.807) is 18.2 Å². The fourth-order valence-electron chi connectivity index (χ4n) is 2.12. The predicted octanol–water partition coefficient (Wildman–Crippen LogP) is 4.24. The summed E-state index contributed by atoms with van der Waals surface area (Å²) in [6, 6.07) is 4.92. The van der Waals surface area contributed by atoms with E-state index in [9.17, 15) is 4.79 Å². The van der Waals surface area contributed by atoms with Crippen LogP contribution >= 0.6 is 23.2 Å². The van der Waals surface area contributed by atoms with E-state index in [0.717, 1.165) is 32.5 Å². The second-order valence-electron chi connectivity index (χ2n) is 4.97. The number of rotatable bonds is 9. The fraction of sp³-hybridized carbons (Fsp3) is 0.562. The molecule has 0 heterocycles. The number of amides is 1. The van der Waals surface area contributed by atoms with Gasteiger partial charge in [0.05, 0.1) is 10.0 Å². The first kappa shape index (κ1) is 18.3. The Morgan fingerprint density at radius 2 is 1.81 bits per heavy atom. The van der Waals surface area contributed by atoms with E-state index < -0.39 is 0 Å². The SMILES string of the molecule is CCN(CC)CCCCCNC(=O)c1ccc(Cl)c(Cl)c1. The van der Waals surface area contributed by atoms with Gasteiger partial charge < -0.3 is 10.2 Å². The summed E-state index contributed by atoms with van der Waals surface area (Å²) < 4.78 is 0. The van der Waals surface area contributed by atoms with Crippen LogP contribution in [0.2, 0.25) is 10.0 Å². The number of nitrogens with one attached hydrogen (secondary N) is 1. The average molecular weight is 331 g/mol. The number of unbranched alkanes of at least 4 members (excludes halogenated alkanes) is 2. The van der Waals surface area contributed by atoms with Crippen LogP contribution in [0.5, 0.6) is 0 Å². The number of carbonyl (C=O) groups excluding carboxylic acids is 1. The highest BCUT2D eigenvalue weighted by Crippen LogP contribution is 2.22. The van der Waals surface area contributed by atoms with Crippen molar-refractivity contribution in [1.29, 1.82) is 0 Å². The summed E-state index contributed by atoms with van der Waals surface area (Å²) in [5.41, 5.74) is 0.549. The van der Waals surface area contributed by atoms with Crippen LogP contribution in [0, 0.1) is 0 Å². The Morgan fingerprint density at radius 1 is 1.10 bits per heavy atom. The summed E-state index contributed by atoms with van der Waals surface area (Å²) in [7, 11) is 0. The molecule has 0 spiro atoms. The quantitative estimate of drug-likeness (QED) is 0.687. The lowest BCUT2D eigenvalue weighted by atomic mass is 10.2. The first-order valence-corrected chi connectivity index (χ1v) is 8.29. The largest absolute Gasteiger partial charge is 0.352 e. The first-order chi connectivity index (χ1) is 10.1.